The summed E-state index contributed by atoms with van der Waals surface area (Å²) in [6.45, 7) is 0. The number of anilines is 1. The number of fused-ring (bicyclic) bond motifs is 6. The molecule has 0 spiro atoms. The van der Waals surface area contributed by atoms with E-state index in [4.69, 9.17) is 8.83 Å². The van der Waals surface area contributed by atoms with Crippen molar-refractivity contribution in [2.75, 3.05) is 5.32 Å². The fraction of sp³-hybridized carbons (Fsp3) is 0.133. The number of hydrogen-bond donors (Lipinski definition) is 1. The molecule has 1 aliphatic rings. The Kier molecular flexibility index (Phi) is 4.10. The minimum atomic E-state index is 0.288. The van der Waals surface area contributed by atoms with E-state index in [0.717, 1.165) is 51.6 Å². The van der Waals surface area contributed by atoms with E-state index < -0.39 is 0 Å². The van der Waals surface area contributed by atoms with Gasteiger partial charge in [0.15, 0.2) is 0 Å². The number of para-hydroxylation sites is 2. The van der Waals surface area contributed by atoms with Crippen molar-refractivity contribution in [3.63, 3.8) is 0 Å². The predicted octanol–water partition coefficient (Wildman–Crippen LogP) is 8.40. The van der Waals surface area contributed by atoms with E-state index in [1.807, 2.05) is 30.3 Å². The fourth-order valence-corrected chi connectivity index (χ4v) is 5.41. The van der Waals surface area contributed by atoms with E-state index in [9.17, 15) is 0 Å². The van der Waals surface area contributed by atoms with E-state index in [1.165, 1.54) is 16.3 Å². The van der Waals surface area contributed by atoms with E-state index >= 15 is 0 Å². The minimum absolute atomic E-state index is 0.288. The lowest BCUT2D eigenvalue weighted by atomic mass is 9.83. The average Bonchev–Trinajstić information content (AvgIpc) is 3.42. The Bertz CT molecular complexity index is 1670. The molecule has 1 aliphatic carbocycles. The molecule has 0 fully saturated rings. The molecule has 0 saturated heterocycles. The summed E-state index contributed by atoms with van der Waals surface area (Å²) in [5.74, 6) is 0.362. The number of hydrogen-bond acceptors (Lipinski definition) is 3. The molecule has 7 rings (SSSR count). The second kappa shape index (κ2) is 7.28. The molecule has 0 radical (unpaired) electrons. The monoisotopic (exact) mass is 429 g/mol. The molecule has 1 N–H and O–H groups in total. The summed E-state index contributed by atoms with van der Waals surface area (Å²) in [6, 6.07) is 29.8. The summed E-state index contributed by atoms with van der Waals surface area (Å²) in [5, 5.41) is 8.56. The lowest BCUT2D eigenvalue weighted by Gasteiger charge is -2.31. The van der Waals surface area contributed by atoms with Gasteiger partial charge in [0.05, 0.1) is 5.39 Å². The molecule has 160 valence electrons. The van der Waals surface area contributed by atoms with Crippen LogP contribution in [-0.4, -0.2) is 6.04 Å². The Morgan fingerprint density at radius 3 is 2.21 bits per heavy atom. The van der Waals surface area contributed by atoms with Crippen LogP contribution in [0.1, 0.15) is 24.3 Å². The van der Waals surface area contributed by atoms with Crippen molar-refractivity contribution < 1.29 is 8.83 Å². The Labute approximate surface area is 191 Å². The van der Waals surface area contributed by atoms with E-state index in [2.05, 4.69) is 72.1 Å². The molecule has 0 saturated carbocycles. The van der Waals surface area contributed by atoms with Crippen molar-refractivity contribution in [2.45, 2.75) is 24.8 Å². The molecular weight excluding hydrogens is 406 g/mol. The first-order valence-electron chi connectivity index (χ1n) is 11.6. The lowest BCUT2D eigenvalue weighted by molar-refractivity contribution is 0.551. The van der Waals surface area contributed by atoms with Crippen molar-refractivity contribution in [3.8, 4) is 0 Å². The molecule has 2 atom stereocenters. The quantitative estimate of drug-likeness (QED) is 0.287. The van der Waals surface area contributed by atoms with Crippen LogP contribution in [0.3, 0.4) is 0 Å². The maximum Gasteiger partial charge on any atom is 0.137 e. The molecule has 2 aromatic heterocycles. The van der Waals surface area contributed by atoms with Crippen LogP contribution < -0.4 is 5.32 Å². The number of benzene rings is 4. The molecule has 0 amide bonds. The van der Waals surface area contributed by atoms with Crippen LogP contribution in [0, 0.1) is 0 Å². The standard InChI is InChI=1S/C30H23NO2/c1-4-11-24(31-25-12-7-15-28-30(25)23-10-3-6-14-27(23)32-28)20(8-1)19-16-17-22-21-9-2-5-13-26(21)33-29(22)18-19/h1-7,9-10,12-18,20,24,31H,8,11H2. The molecule has 2 unspecified atom stereocenters. The Hall–Kier alpha value is -3.98. The predicted molar refractivity (Wildman–Crippen MR) is 136 cm³/mol. The topological polar surface area (TPSA) is 38.3 Å². The number of nitrogens with one attached hydrogen (secondary N) is 1. The van der Waals surface area contributed by atoms with Gasteiger partial charge in [-0.3, -0.25) is 0 Å². The van der Waals surface area contributed by atoms with Crippen LogP contribution in [0.4, 0.5) is 5.69 Å². The highest BCUT2D eigenvalue weighted by molar-refractivity contribution is 6.11. The van der Waals surface area contributed by atoms with E-state index in [1.54, 1.807) is 0 Å². The largest absolute Gasteiger partial charge is 0.456 e. The van der Waals surface area contributed by atoms with Crippen molar-refractivity contribution in [2.24, 2.45) is 0 Å². The number of rotatable bonds is 3. The molecule has 4 aromatic carbocycles. The molecule has 6 aromatic rings. The first-order chi connectivity index (χ1) is 16.3. The number of furan rings is 2. The van der Waals surface area contributed by atoms with Gasteiger partial charge in [0.2, 0.25) is 0 Å². The van der Waals surface area contributed by atoms with Gasteiger partial charge in [-0.1, -0.05) is 66.7 Å². The lowest BCUT2D eigenvalue weighted by Crippen LogP contribution is -2.29. The van der Waals surface area contributed by atoms with Crippen LogP contribution in [-0.2, 0) is 0 Å². The maximum absolute atomic E-state index is 6.18. The third-order valence-electron chi connectivity index (χ3n) is 7.01. The molecular formula is C30H23NO2. The van der Waals surface area contributed by atoms with Gasteiger partial charge < -0.3 is 14.2 Å². The third kappa shape index (κ3) is 2.96. The molecule has 2 heterocycles. The zero-order chi connectivity index (χ0) is 21.8. The third-order valence-corrected chi connectivity index (χ3v) is 7.01. The fourth-order valence-electron chi connectivity index (χ4n) is 5.41. The van der Waals surface area contributed by atoms with Crippen molar-refractivity contribution in [3.05, 3.63) is 103 Å². The minimum Gasteiger partial charge on any atom is -0.456 e. The SMILES string of the molecule is C1=CCC(c2ccc3c(c2)oc2ccccc23)C(Nc2cccc3oc4ccccc4c23)C1. The summed E-state index contributed by atoms with van der Waals surface area (Å²) in [4.78, 5) is 0. The van der Waals surface area contributed by atoms with Crippen LogP contribution in [0.2, 0.25) is 0 Å². The normalized spacial score (nSPS) is 18.5. The van der Waals surface area contributed by atoms with Gasteiger partial charge >= 0.3 is 0 Å². The molecule has 33 heavy (non-hydrogen) atoms. The first kappa shape index (κ1) is 18.6. The second-order valence-electron chi connectivity index (χ2n) is 8.93. The average molecular weight is 430 g/mol. The summed E-state index contributed by atoms with van der Waals surface area (Å²) in [5.41, 5.74) is 6.21. The van der Waals surface area contributed by atoms with E-state index in [-0.39, 0.29) is 6.04 Å². The first-order valence-corrected chi connectivity index (χ1v) is 11.6. The Balaban J connectivity index is 1.30. The van der Waals surface area contributed by atoms with Crippen molar-refractivity contribution in [1.29, 1.82) is 0 Å². The second-order valence-corrected chi connectivity index (χ2v) is 8.93. The van der Waals surface area contributed by atoms with Crippen LogP contribution >= 0.6 is 0 Å². The van der Waals surface area contributed by atoms with Gasteiger partial charge in [-0.25, -0.2) is 0 Å². The van der Waals surface area contributed by atoms with Crippen LogP contribution in [0.25, 0.3) is 43.9 Å². The molecule has 0 bridgehead atoms. The zero-order valence-corrected chi connectivity index (χ0v) is 18.1. The van der Waals surface area contributed by atoms with Gasteiger partial charge in [0.1, 0.15) is 22.3 Å². The molecule has 0 aliphatic heterocycles. The Morgan fingerprint density at radius 1 is 0.606 bits per heavy atom. The summed E-state index contributed by atoms with van der Waals surface area (Å²) >= 11 is 0. The summed E-state index contributed by atoms with van der Waals surface area (Å²) < 4.78 is 12.3. The van der Waals surface area contributed by atoms with E-state index in [0.29, 0.717) is 5.92 Å². The molecule has 3 nitrogen and oxygen atoms in total. The highest BCUT2D eigenvalue weighted by atomic mass is 16.3. The van der Waals surface area contributed by atoms with Crippen LogP contribution in [0.15, 0.2) is 106 Å². The van der Waals surface area contributed by atoms with Gasteiger partial charge in [-0.2, -0.15) is 0 Å². The number of allylic oxidation sites excluding steroid dienone is 1. The van der Waals surface area contributed by atoms with Gasteiger partial charge in [0, 0.05) is 33.8 Å². The Morgan fingerprint density at radius 2 is 1.30 bits per heavy atom. The van der Waals surface area contributed by atoms with Gasteiger partial charge in [-0.05, 0) is 48.7 Å². The van der Waals surface area contributed by atoms with Crippen LogP contribution in [0.5, 0.6) is 0 Å². The van der Waals surface area contributed by atoms with Gasteiger partial charge in [-0.15, -0.1) is 0 Å². The van der Waals surface area contributed by atoms with Crippen molar-refractivity contribution in [1.82, 2.24) is 0 Å². The summed E-state index contributed by atoms with van der Waals surface area (Å²) in [6.07, 6.45) is 6.58. The highest BCUT2D eigenvalue weighted by Crippen LogP contribution is 2.39. The summed E-state index contributed by atoms with van der Waals surface area (Å²) in [7, 11) is 0. The van der Waals surface area contributed by atoms with Crippen molar-refractivity contribution >= 4 is 49.6 Å². The van der Waals surface area contributed by atoms with Gasteiger partial charge in [0.25, 0.3) is 0 Å². The highest BCUT2D eigenvalue weighted by Gasteiger charge is 2.26. The smallest absolute Gasteiger partial charge is 0.137 e. The molecule has 3 heteroatoms. The maximum atomic E-state index is 6.18. The zero-order valence-electron chi connectivity index (χ0n) is 18.1.